The highest BCUT2D eigenvalue weighted by Crippen LogP contribution is 2.27. The summed E-state index contributed by atoms with van der Waals surface area (Å²) >= 11 is 1.56. The maximum atomic E-state index is 5.47. The molecule has 0 bridgehead atoms. The lowest BCUT2D eigenvalue weighted by Gasteiger charge is -2.02. The highest BCUT2D eigenvalue weighted by atomic mass is 32.2. The first-order chi connectivity index (χ1) is 5.47. The van der Waals surface area contributed by atoms with Gasteiger partial charge in [0, 0.05) is 5.75 Å². The fourth-order valence-corrected chi connectivity index (χ4v) is 1.85. The van der Waals surface area contributed by atoms with E-state index in [9.17, 15) is 0 Å². The summed E-state index contributed by atoms with van der Waals surface area (Å²) in [5.74, 6) is 2.16. The Labute approximate surface area is 71.0 Å². The zero-order valence-corrected chi connectivity index (χ0v) is 7.06. The molecule has 0 amide bonds. The van der Waals surface area contributed by atoms with Crippen LogP contribution in [0.5, 0.6) is 5.75 Å². The molecule has 0 saturated carbocycles. The Balaban J connectivity index is 2.33. The minimum atomic E-state index is 1.05. The molecule has 0 atom stereocenters. The summed E-state index contributed by atoms with van der Waals surface area (Å²) in [6, 6.07) is 8.26. The first kappa shape index (κ1) is 7.04. The summed E-state index contributed by atoms with van der Waals surface area (Å²) in [7, 11) is 0. The molecule has 58 valence electrons. The Hall–Kier alpha value is -0.630. The summed E-state index contributed by atoms with van der Waals surface area (Å²) in [5.41, 5.74) is 1.34. The molecule has 0 spiro atoms. The van der Waals surface area contributed by atoms with Crippen LogP contribution in [-0.2, 0) is 6.42 Å². The van der Waals surface area contributed by atoms with E-state index in [1.165, 1.54) is 12.0 Å². The van der Waals surface area contributed by atoms with E-state index in [1.807, 2.05) is 12.1 Å². The van der Waals surface area contributed by atoms with E-state index in [2.05, 4.69) is 12.1 Å². The molecule has 0 radical (unpaired) electrons. The molecule has 1 nitrogen and oxygen atoms in total. The van der Waals surface area contributed by atoms with Gasteiger partial charge in [0.2, 0.25) is 0 Å². The number of para-hydroxylation sites is 1. The van der Waals surface area contributed by atoms with Crippen LogP contribution in [0.15, 0.2) is 24.3 Å². The molecule has 1 aliphatic rings. The smallest absolute Gasteiger partial charge is 0.140 e. The third kappa shape index (κ3) is 1.51. The molecule has 0 unspecified atom stereocenters. The van der Waals surface area contributed by atoms with Crippen LogP contribution in [0.25, 0.3) is 0 Å². The molecular weight excluding hydrogens is 156 g/mol. The Kier molecular flexibility index (Phi) is 2.04. The molecule has 0 N–H and O–H groups in total. The van der Waals surface area contributed by atoms with E-state index in [4.69, 9.17) is 4.18 Å². The van der Waals surface area contributed by atoms with Gasteiger partial charge in [-0.15, -0.1) is 0 Å². The number of hydrogen-bond acceptors (Lipinski definition) is 2. The van der Waals surface area contributed by atoms with Crippen molar-refractivity contribution >= 4 is 12.0 Å². The van der Waals surface area contributed by atoms with Crippen molar-refractivity contribution in [2.75, 3.05) is 5.75 Å². The molecule has 1 aromatic carbocycles. The molecule has 1 aliphatic heterocycles. The van der Waals surface area contributed by atoms with Gasteiger partial charge in [0.05, 0.1) is 12.0 Å². The standard InChI is InChI=1S/C9H10OS/c1-2-6-9-8(4-1)5-3-7-11-10-9/h1-2,4,6H,3,5,7H2. The highest BCUT2D eigenvalue weighted by Gasteiger charge is 2.07. The normalized spacial score (nSPS) is 16.4. The van der Waals surface area contributed by atoms with Crippen LogP contribution in [0.4, 0.5) is 0 Å². The van der Waals surface area contributed by atoms with Crippen molar-refractivity contribution < 1.29 is 4.18 Å². The number of fused-ring (bicyclic) bond motifs is 1. The molecule has 1 heterocycles. The monoisotopic (exact) mass is 166 g/mol. The van der Waals surface area contributed by atoms with Gasteiger partial charge < -0.3 is 4.18 Å². The van der Waals surface area contributed by atoms with E-state index in [1.54, 1.807) is 12.0 Å². The number of benzene rings is 1. The van der Waals surface area contributed by atoms with Crippen LogP contribution < -0.4 is 4.18 Å². The topological polar surface area (TPSA) is 9.23 Å². The summed E-state index contributed by atoms with van der Waals surface area (Å²) in [6.07, 6.45) is 2.38. The van der Waals surface area contributed by atoms with Gasteiger partial charge in [0.25, 0.3) is 0 Å². The van der Waals surface area contributed by atoms with Gasteiger partial charge in [-0.05, 0) is 24.5 Å². The van der Waals surface area contributed by atoms with E-state index < -0.39 is 0 Å². The van der Waals surface area contributed by atoms with Crippen molar-refractivity contribution in [2.24, 2.45) is 0 Å². The van der Waals surface area contributed by atoms with Gasteiger partial charge in [0.1, 0.15) is 5.75 Å². The number of rotatable bonds is 0. The third-order valence-corrected chi connectivity index (χ3v) is 2.55. The predicted molar refractivity (Wildman–Crippen MR) is 47.8 cm³/mol. The SMILES string of the molecule is c1ccc2c(c1)CCCSO2. The Morgan fingerprint density at radius 3 is 3.18 bits per heavy atom. The fraction of sp³-hybridized carbons (Fsp3) is 0.333. The van der Waals surface area contributed by atoms with Gasteiger partial charge >= 0.3 is 0 Å². The van der Waals surface area contributed by atoms with Crippen molar-refractivity contribution in [3.8, 4) is 5.75 Å². The fourth-order valence-electron chi connectivity index (χ4n) is 1.22. The minimum Gasteiger partial charge on any atom is -0.426 e. The number of hydrogen-bond donors (Lipinski definition) is 0. The zero-order chi connectivity index (χ0) is 7.52. The molecule has 0 fully saturated rings. The predicted octanol–water partition coefficient (Wildman–Crippen LogP) is 2.66. The van der Waals surface area contributed by atoms with E-state index in [0.717, 1.165) is 17.9 Å². The molecule has 1 aromatic rings. The molecule has 0 saturated heterocycles. The quantitative estimate of drug-likeness (QED) is 0.548. The molecule has 2 rings (SSSR count). The average Bonchev–Trinajstić information content (AvgIpc) is 2.28. The first-order valence-corrected chi connectivity index (χ1v) is 4.75. The lowest BCUT2D eigenvalue weighted by Crippen LogP contribution is -1.84. The van der Waals surface area contributed by atoms with Crippen LogP contribution >= 0.6 is 12.0 Å². The average molecular weight is 166 g/mol. The summed E-state index contributed by atoms with van der Waals surface area (Å²) in [6.45, 7) is 0. The maximum absolute atomic E-state index is 5.47. The van der Waals surface area contributed by atoms with Gasteiger partial charge in [-0.25, -0.2) is 0 Å². The van der Waals surface area contributed by atoms with Gasteiger partial charge in [-0.3, -0.25) is 0 Å². The van der Waals surface area contributed by atoms with Crippen LogP contribution in [0, 0.1) is 0 Å². The van der Waals surface area contributed by atoms with Gasteiger partial charge in [0.15, 0.2) is 0 Å². The van der Waals surface area contributed by atoms with Crippen molar-refractivity contribution in [3.05, 3.63) is 29.8 Å². The second kappa shape index (κ2) is 3.18. The van der Waals surface area contributed by atoms with Gasteiger partial charge in [-0.2, -0.15) is 0 Å². The first-order valence-electron chi connectivity index (χ1n) is 3.84. The van der Waals surface area contributed by atoms with E-state index >= 15 is 0 Å². The largest absolute Gasteiger partial charge is 0.426 e. The Morgan fingerprint density at radius 1 is 1.27 bits per heavy atom. The highest BCUT2D eigenvalue weighted by molar-refractivity contribution is 7.95. The van der Waals surface area contributed by atoms with Crippen molar-refractivity contribution in [1.82, 2.24) is 0 Å². The van der Waals surface area contributed by atoms with Crippen molar-refractivity contribution in [2.45, 2.75) is 12.8 Å². The van der Waals surface area contributed by atoms with Crippen molar-refractivity contribution in [3.63, 3.8) is 0 Å². The van der Waals surface area contributed by atoms with Crippen LogP contribution in [-0.4, -0.2) is 5.75 Å². The Bertz CT molecular complexity index is 222. The second-order valence-corrected chi connectivity index (χ2v) is 3.43. The van der Waals surface area contributed by atoms with Crippen molar-refractivity contribution in [1.29, 1.82) is 0 Å². The lowest BCUT2D eigenvalue weighted by molar-refractivity contribution is 0.644. The molecule has 0 aliphatic carbocycles. The van der Waals surface area contributed by atoms with E-state index in [-0.39, 0.29) is 0 Å². The minimum absolute atomic E-state index is 1.05. The van der Waals surface area contributed by atoms with Gasteiger partial charge in [-0.1, -0.05) is 18.2 Å². The Morgan fingerprint density at radius 2 is 2.18 bits per heavy atom. The van der Waals surface area contributed by atoms with E-state index in [0.29, 0.717) is 0 Å². The number of aryl methyl sites for hydroxylation is 1. The van der Waals surface area contributed by atoms with Crippen LogP contribution in [0.2, 0.25) is 0 Å². The lowest BCUT2D eigenvalue weighted by atomic mass is 10.1. The molecule has 0 aromatic heterocycles. The molecule has 2 heteroatoms. The van der Waals surface area contributed by atoms with Crippen LogP contribution in [0.1, 0.15) is 12.0 Å². The second-order valence-electron chi connectivity index (χ2n) is 2.62. The molecule has 11 heavy (non-hydrogen) atoms. The summed E-state index contributed by atoms with van der Waals surface area (Å²) < 4.78 is 5.47. The third-order valence-electron chi connectivity index (χ3n) is 1.80. The summed E-state index contributed by atoms with van der Waals surface area (Å²) in [4.78, 5) is 0. The maximum Gasteiger partial charge on any atom is 0.140 e. The van der Waals surface area contributed by atoms with Crippen LogP contribution in [0.3, 0.4) is 0 Å². The molecular formula is C9H10OS. The summed E-state index contributed by atoms with van der Waals surface area (Å²) in [5, 5.41) is 0. The zero-order valence-electron chi connectivity index (χ0n) is 6.25.